The van der Waals surface area contributed by atoms with Gasteiger partial charge in [-0.1, -0.05) is 24.1 Å². The Bertz CT molecular complexity index is 474. The van der Waals surface area contributed by atoms with E-state index in [1.54, 1.807) is 6.26 Å². The lowest BCUT2D eigenvalue weighted by molar-refractivity contribution is 0.543. The average molecular weight is 183 g/mol. The van der Waals surface area contributed by atoms with Crippen LogP contribution >= 0.6 is 0 Å². The second-order valence-corrected chi connectivity index (χ2v) is 2.91. The van der Waals surface area contributed by atoms with E-state index in [1.807, 2.05) is 37.3 Å². The molecule has 1 aromatic heterocycles. The van der Waals surface area contributed by atoms with Crippen LogP contribution in [0.2, 0.25) is 0 Å². The number of hydrogen-bond donors (Lipinski definition) is 0. The summed E-state index contributed by atoms with van der Waals surface area (Å²) in [7, 11) is 0. The van der Waals surface area contributed by atoms with Gasteiger partial charge >= 0.3 is 0 Å². The van der Waals surface area contributed by atoms with Crippen LogP contribution in [0.25, 0.3) is 0 Å². The molecule has 0 saturated heterocycles. The Labute approximate surface area is 82.6 Å². The van der Waals surface area contributed by atoms with Crippen molar-refractivity contribution in [2.75, 3.05) is 0 Å². The van der Waals surface area contributed by atoms with Crippen LogP contribution in [-0.2, 0) is 0 Å². The third-order valence-electron chi connectivity index (χ3n) is 1.71. The molecule has 2 heteroatoms. The summed E-state index contributed by atoms with van der Waals surface area (Å²) in [5, 5.41) is 0. The molecule has 0 saturated carbocycles. The van der Waals surface area contributed by atoms with E-state index in [9.17, 15) is 0 Å². The van der Waals surface area contributed by atoms with Gasteiger partial charge in [0.2, 0.25) is 0 Å². The van der Waals surface area contributed by atoms with Gasteiger partial charge in [-0.3, -0.25) is 0 Å². The van der Waals surface area contributed by atoms with E-state index < -0.39 is 0 Å². The van der Waals surface area contributed by atoms with Crippen molar-refractivity contribution in [3.63, 3.8) is 0 Å². The molecule has 2 aromatic rings. The molecule has 14 heavy (non-hydrogen) atoms. The van der Waals surface area contributed by atoms with Crippen LogP contribution in [0.1, 0.15) is 17.1 Å². The van der Waals surface area contributed by atoms with E-state index >= 15 is 0 Å². The predicted molar refractivity (Wildman–Crippen MR) is 53.7 cm³/mol. The first-order valence-electron chi connectivity index (χ1n) is 4.34. The van der Waals surface area contributed by atoms with Gasteiger partial charge in [0.05, 0.1) is 5.69 Å². The fraction of sp³-hybridized carbons (Fsp3) is 0.0833. The Morgan fingerprint density at radius 3 is 2.57 bits per heavy atom. The first-order valence-corrected chi connectivity index (χ1v) is 4.34. The number of aromatic nitrogens is 1. The molecule has 68 valence electrons. The summed E-state index contributed by atoms with van der Waals surface area (Å²) in [4.78, 5) is 4.09. The number of benzene rings is 1. The van der Waals surface area contributed by atoms with Gasteiger partial charge in [-0.25, -0.2) is 4.98 Å². The largest absolute Gasteiger partial charge is 0.438 e. The van der Waals surface area contributed by atoms with Gasteiger partial charge in [0.1, 0.15) is 6.26 Å². The molecule has 0 aliphatic rings. The molecule has 0 fully saturated rings. The normalized spacial score (nSPS) is 9.21. The Morgan fingerprint density at radius 1 is 1.14 bits per heavy atom. The zero-order valence-corrected chi connectivity index (χ0v) is 7.82. The molecule has 0 aliphatic heterocycles. The second-order valence-electron chi connectivity index (χ2n) is 2.91. The van der Waals surface area contributed by atoms with E-state index in [4.69, 9.17) is 4.42 Å². The molecule has 0 amide bonds. The van der Waals surface area contributed by atoms with Crippen molar-refractivity contribution in [1.29, 1.82) is 0 Å². The van der Waals surface area contributed by atoms with Gasteiger partial charge in [0, 0.05) is 5.56 Å². The molecule has 0 aliphatic carbocycles. The van der Waals surface area contributed by atoms with E-state index in [0.717, 1.165) is 11.3 Å². The van der Waals surface area contributed by atoms with Gasteiger partial charge < -0.3 is 4.42 Å². The third kappa shape index (κ3) is 2.02. The topological polar surface area (TPSA) is 26.0 Å². The fourth-order valence-corrected chi connectivity index (χ4v) is 1.06. The highest BCUT2D eigenvalue weighted by Crippen LogP contribution is 1.99. The Hall–Kier alpha value is -2.01. The molecule has 2 rings (SSSR count). The van der Waals surface area contributed by atoms with Gasteiger partial charge in [-0.15, -0.1) is 0 Å². The summed E-state index contributed by atoms with van der Waals surface area (Å²) in [5.41, 5.74) is 1.81. The molecular weight excluding hydrogens is 174 g/mol. The van der Waals surface area contributed by atoms with Crippen molar-refractivity contribution in [3.8, 4) is 11.8 Å². The number of oxazole rings is 1. The zero-order valence-electron chi connectivity index (χ0n) is 7.82. The van der Waals surface area contributed by atoms with Crippen molar-refractivity contribution in [2.45, 2.75) is 6.92 Å². The van der Waals surface area contributed by atoms with Crippen molar-refractivity contribution in [3.05, 3.63) is 53.7 Å². The fourth-order valence-electron chi connectivity index (χ4n) is 1.06. The van der Waals surface area contributed by atoms with E-state index in [2.05, 4.69) is 16.8 Å². The van der Waals surface area contributed by atoms with Crippen molar-refractivity contribution in [1.82, 2.24) is 4.98 Å². The van der Waals surface area contributed by atoms with Gasteiger partial charge in [0.25, 0.3) is 5.89 Å². The molecule has 2 nitrogen and oxygen atoms in total. The van der Waals surface area contributed by atoms with Crippen LogP contribution in [0.5, 0.6) is 0 Å². The molecule has 0 N–H and O–H groups in total. The summed E-state index contributed by atoms with van der Waals surface area (Å²) in [6.07, 6.45) is 1.59. The lowest BCUT2D eigenvalue weighted by Crippen LogP contribution is -1.75. The Morgan fingerprint density at radius 2 is 1.93 bits per heavy atom. The molecule has 0 bridgehead atoms. The van der Waals surface area contributed by atoms with Crippen LogP contribution in [0, 0.1) is 18.8 Å². The number of hydrogen-bond acceptors (Lipinski definition) is 2. The zero-order chi connectivity index (χ0) is 9.80. The Kier molecular flexibility index (Phi) is 2.33. The molecule has 0 unspecified atom stereocenters. The standard InChI is InChI=1S/C12H9NO/c1-10-9-14-12(13-10)8-7-11-5-3-2-4-6-11/h2-6,9H,1H3. The van der Waals surface area contributed by atoms with Crippen molar-refractivity contribution >= 4 is 0 Å². The van der Waals surface area contributed by atoms with E-state index in [-0.39, 0.29) is 0 Å². The highest BCUT2D eigenvalue weighted by molar-refractivity contribution is 5.37. The van der Waals surface area contributed by atoms with Crippen molar-refractivity contribution < 1.29 is 4.42 Å². The number of rotatable bonds is 0. The quantitative estimate of drug-likeness (QED) is 0.586. The van der Waals surface area contributed by atoms with E-state index in [0.29, 0.717) is 5.89 Å². The second kappa shape index (κ2) is 3.80. The van der Waals surface area contributed by atoms with Crippen LogP contribution in [-0.4, -0.2) is 4.98 Å². The van der Waals surface area contributed by atoms with Gasteiger partial charge in [-0.05, 0) is 25.0 Å². The third-order valence-corrected chi connectivity index (χ3v) is 1.71. The first-order chi connectivity index (χ1) is 6.84. The van der Waals surface area contributed by atoms with Crippen LogP contribution in [0.15, 0.2) is 41.0 Å². The molecular formula is C12H9NO. The minimum Gasteiger partial charge on any atom is -0.438 e. The predicted octanol–water partition coefficient (Wildman–Crippen LogP) is 2.38. The molecule has 0 spiro atoms. The first kappa shape index (κ1) is 8.58. The molecule has 1 heterocycles. The summed E-state index contributed by atoms with van der Waals surface area (Å²) in [6.45, 7) is 1.87. The molecule has 1 aromatic carbocycles. The highest BCUT2D eigenvalue weighted by Gasteiger charge is 1.93. The maximum absolute atomic E-state index is 5.10. The minimum absolute atomic E-state index is 0.464. The molecule has 0 radical (unpaired) electrons. The van der Waals surface area contributed by atoms with E-state index in [1.165, 1.54) is 0 Å². The van der Waals surface area contributed by atoms with Gasteiger partial charge in [0.15, 0.2) is 0 Å². The number of nitrogens with zero attached hydrogens (tertiary/aromatic N) is 1. The van der Waals surface area contributed by atoms with Crippen LogP contribution in [0.4, 0.5) is 0 Å². The summed E-state index contributed by atoms with van der Waals surface area (Å²) >= 11 is 0. The SMILES string of the molecule is Cc1coc(C#Cc2ccccc2)n1. The maximum atomic E-state index is 5.10. The minimum atomic E-state index is 0.464. The summed E-state index contributed by atoms with van der Waals surface area (Å²) in [5.74, 6) is 6.29. The lowest BCUT2D eigenvalue weighted by atomic mass is 10.2. The Balaban J connectivity index is 2.23. The smallest absolute Gasteiger partial charge is 0.273 e. The maximum Gasteiger partial charge on any atom is 0.273 e. The monoisotopic (exact) mass is 183 g/mol. The van der Waals surface area contributed by atoms with Crippen LogP contribution in [0.3, 0.4) is 0 Å². The van der Waals surface area contributed by atoms with Crippen LogP contribution < -0.4 is 0 Å². The van der Waals surface area contributed by atoms with Gasteiger partial charge in [-0.2, -0.15) is 0 Å². The average Bonchev–Trinajstić information content (AvgIpc) is 2.63. The summed E-state index contributed by atoms with van der Waals surface area (Å²) < 4.78 is 5.10. The van der Waals surface area contributed by atoms with Crippen molar-refractivity contribution in [2.24, 2.45) is 0 Å². The molecule has 0 atom stereocenters. The number of aryl methyl sites for hydroxylation is 1. The lowest BCUT2D eigenvalue weighted by Gasteiger charge is -1.84. The summed E-state index contributed by atoms with van der Waals surface area (Å²) in [6, 6.07) is 9.75. The highest BCUT2D eigenvalue weighted by atomic mass is 16.3.